The molecule has 0 aromatic carbocycles. The Kier molecular flexibility index (Phi) is 5.97. The molecule has 1 fully saturated rings. The molecule has 7 heteroatoms. The number of carbonyl (C=O) groups excluding carboxylic acids is 2. The average Bonchev–Trinajstić information content (AvgIpc) is 2.57. The number of nitrogens with zero attached hydrogens (tertiary/aromatic N) is 1. The number of carboxylic acid groups (broad SMARTS) is 1. The van der Waals surface area contributed by atoms with Crippen molar-refractivity contribution < 1.29 is 19.5 Å². The second kappa shape index (κ2) is 7.25. The lowest BCUT2D eigenvalue weighted by Crippen LogP contribution is -2.36. The largest absolute Gasteiger partial charge is 0.481 e. The Labute approximate surface area is 110 Å². The van der Waals surface area contributed by atoms with Crippen molar-refractivity contribution in [1.29, 1.82) is 0 Å². The zero-order valence-electron chi connectivity index (χ0n) is 10.3. The number of likely N-dealkylation sites (tertiary alicyclic amines) is 1. The van der Waals surface area contributed by atoms with Crippen LogP contribution in [0.3, 0.4) is 0 Å². The summed E-state index contributed by atoms with van der Waals surface area (Å²) in [6, 6.07) is 0. The van der Waals surface area contributed by atoms with Crippen LogP contribution in [-0.2, 0) is 14.4 Å². The van der Waals surface area contributed by atoms with Crippen LogP contribution < -0.4 is 5.32 Å². The highest BCUT2D eigenvalue weighted by atomic mass is 32.2. The van der Waals surface area contributed by atoms with Gasteiger partial charge in [0, 0.05) is 26.1 Å². The number of rotatable bonds is 7. The van der Waals surface area contributed by atoms with Crippen molar-refractivity contribution >= 4 is 29.5 Å². The third-order valence-electron chi connectivity index (χ3n) is 2.57. The summed E-state index contributed by atoms with van der Waals surface area (Å²) in [5.74, 6) is -0.534. The normalized spacial score (nSPS) is 19.1. The fourth-order valence-electron chi connectivity index (χ4n) is 1.80. The molecule has 0 aromatic heterocycles. The predicted octanol–water partition coefficient (Wildman–Crippen LogP) is -0.211. The van der Waals surface area contributed by atoms with Gasteiger partial charge >= 0.3 is 5.97 Å². The third kappa shape index (κ3) is 5.39. The van der Waals surface area contributed by atoms with Gasteiger partial charge in [-0.1, -0.05) is 6.92 Å². The van der Waals surface area contributed by atoms with E-state index in [9.17, 15) is 14.4 Å². The van der Waals surface area contributed by atoms with Crippen molar-refractivity contribution in [3.63, 3.8) is 0 Å². The molecule has 0 aromatic rings. The van der Waals surface area contributed by atoms with Crippen LogP contribution in [0.1, 0.15) is 13.3 Å². The van der Waals surface area contributed by atoms with Crippen LogP contribution >= 0.6 is 11.8 Å². The van der Waals surface area contributed by atoms with E-state index >= 15 is 0 Å². The lowest BCUT2D eigenvalue weighted by atomic mass is 10.2. The number of hydrogen-bond donors (Lipinski definition) is 2. The van der Waals surface area contributed by atoms with Gasteiger partial charge < -0.3 is 15.3 Å². The van der Waals surface area contributed by atoms with Crippen LogP contribution in [0, 0.1) is 5.92 Å². The molecule has 1 aliphatic heterocycles. The maximum absolute atomic E-state index is 11.5. The van der Waals surface area contributed by atoms with Gasteiger partial charge in [0.1, 0.15) is 0 Å². The molecule has 0 radical (unpaired) electrons. The summed E-state index contributed by atoms with van der Waals surface area (Å²) in [5.41, 5.74) is 0. The van der Waals surface area contributed by atoms with Crippen molar-refractivity contribution in [1.82, 2.24) is 10.2 Å². The number of carbonyl (C=O) groups is 3. The minimum absolute atomic E-state index is 0.0739. The Morgan fingerprint density at radius 1 is 1.50 bits per heavy atom. The molecule has 0 aliphatic carbocycles. The molecule has 1 heterocycles. The van der Waals surface area contributed by atoms with Crippen LogP contribution in [0.25, 0.3) is 0 Å². The van der Waals surface area contributed by atoms with Crippen LogP contribution in [0.5, 0.6) is 0 Å². The number of nitrogens with one attached hydrogen (secondary N) is 1. The molecule has 1 saturated heterocycles. The summed E-state index contributed by atoms with van der Waals surface area (Å²) in [6.07, 6.45) is 0.586. The van der Waals surface area contributed by atoms with E-state index in [4.69, 9.17) is 5.11 Å². The Hall–Kier alpha value is -1.24. The fourth-order valence-corrected chi connectivity index (χ4v) is 2.36. The second-order valence-corrected chi connectivity index (χ2v) is 5.37. The van der Waals surface area contributed by atoms with E-state index in [2.05, 4.69) is 5.32 Å². The monoisotopic (exact) mass is 274 g/mol. The molecule has 18 heavy (non-hydrogen) atoms. The molecule has 1 rings (SSSR count). The zero-order chi connectivity index (χ0) is 13.5. The molecule has 1 atom stereocenters. The number of hydrogen-bond acceptors (Lipinski definition) is 4. The highest BCUT2D eigenvalue weighted by Crippen LogP contribution is 2.15. The highest BCUT2D eigenvalue weighted by molar-refractivity contribution is 8.00. The van der Waals surface area contributed by atoms with Crippen LogP contribution in [0.4, 0.5) is 0 Å². The molecule has 0 bridgehead atoms. The van der Waals surface area contributed by atoms with Gasteiger partial charge in [-0.05, 0) is 5.92 Å². The summed E-state index contributed by atoms with van der Waals surface area (Å²) in [4.78, 5) is 34.8. The van der Waals surface area contributed by atoms with E-state index in [0.29, 0.717) is 25.4 Å². The molecule has 2 amide bonds. The maximum Gasteiger partial charge on any atom is 0.313 e. The molecule has 0 unspecified atom stereocenters. The minimum atomic E-state index is -0.926. The highest BCUT2D eigenvalue weighted by Gasteiger charge is 2.25. The number of thioether (sulfide) groups is 1. The van der Waals surface area contributed by atoms with Gasteiger partial charge in [-0.25, -0.2) is 0 Å². The first kappa shape index (κ1) is 14.8. The Bertz CT molecular complexity index is 335. The van der Waals surface area contributed by atoms with Gasteiger partial charge in [0.2, 0.25) is 11.8 Å². The van der Waals surface area contributed by atoms with E-state index in [0.717, 1.165) is 18.3 Å². The first-order valence-electron chi connectivity index (χ1n) is 5.83. The van der Waals surface area contributed by atoms with Crippen LogP contribution in [0.2, 0.25) is 0 Å². The molecular weight excluding hydrogens is 256 g/mol. The van der Waals surface area contributed by atoms with E-state index in [-0.39, 0.29) is 23.3 Å². The number of amides is 2. The summed E-state index contributed by atoms with van der Waals surface area (Å²) < 4.78 is 0. The smallest absolute Gasteiger partial charge is 0.313 e. The lowest BCUT2D eigenvalue weighted by Gasteiger charge is -2.16. The Balaban J connectivity index is 2.08. The average molecular weight is 274 g/mol. The summed E-state index contributed by atoms with van der Waals surface area (Å²) in [5, 5.41) is 11.1. The van der Waals surface area contributed by atoms with Gasteiger partial charge in [-0.2, -0.15) is 0 Å². The SMILES string of the molecule is C[C@@H]1CC(=O)N(CCNC(=O)CSCC(=O)O)C1. The molecule has 102 valence electrons. The lowest BCUT2D eigenvalue weighted by molar-refractivity contribution is -0.134. The first-order chi connectivity index (χ1) is 8.49. The van der Waals surface area contributed by atoms with Gasteiger partial charge in [0.05, 0.1) is 11.5 Å². The summed E-state index contributed by atoms with van der Waals surface area (Å²) in [6.45, 7) is 3.73. The molecule has 0 saturated carbocycles. The van der Waals surface area contributed by atoms with Crippen molar-refractivity contribution in [3.8, 4) is 0 Å². The Morgan fingerprint density at radius 3 is 2.78 bits per heavy atom. The quantitative estimate of drug-likeness (QED) is 0.671. The standard InChI is InChI=1S/C11H18N2O4S/c1-8-4-10(15)13(5-8)3-2-12-9(14)6-18-7-11(16)17/h8H,2-7H2,1H3,(H,12,14)(H,16,17)/t8-/m1/s1. The molecular formula is C11H18N2O4S. The third-order valence-corrected chi connectivity index (χ3v) is 3.49. The van der Waals surface area contributed by atoms with Crippen LogP contribution in [-0.4, -0.2) is 58.9 Å². The Morgan fingerprint density at radius 2 is 2.22 bits per heavy atom. The minimum Gasteiger partial charge on any atom is -0.481 e. The summed E-state index contributed by atoms with van der Waals surface area (Å²) >= 11 is 1.06. The van der Waals surface area contributed by atoms with Gasteiger partial charge in [0.25, 0.3) is 0 Å². The molecule has 2 N–H and O–H groups in total. The van der Waals surface area contributed by atoms with E-state index in [1.165, 1.54) is 0 Å². The van der Waals surface area contributed by atoms with Gasteiger partial charge in [-0.15, -0.1) is 11.8 Å². The number of carboxylic acids is 1. The van der Waals surface area contributed by atoms with Crippen LogP contribution in [0.15, 0.2) is 0 Å². The topological polar surface area (TPSA) is 86.7 Å². The predicted molar refractivity (Wildman–Crippen MR) is 68.3 cm³/mol. The van der Waals surface area contributed by atoms with Gasteiger partial charge in [0.15, 0.2) is 0 Å². The van der Waals surface area contributed by atoms with E-state index in [1.807, 2.05) is 6.92 Å². The van der Waals surface area contributed by atoms with Crippen molar-refractivity contribution in [2.45, 2.75) is 13.3 Å². The van der Waals surface area contributed by atoms with Crippen molar-refractivity contribution in [3.05, 3.63) is 0 Å². The maximum atomic E-state index is 11.5. The second-order valence-electron chi connectivity index (χ2n) is 4.39. The number of aliphatic carboxylic acids is 1. The molecule has 6 nitrogen and oxygen atoms in total. The van der Waals surface area contributed by atoms with E-state index in [1.54, 1.807) is 4.90 Å². The van der Waals surface area contributed by atoms with Gasteiger partial charge in [-0.3, -0.25) is 14.4 Å². The fraction of sp³-hybridized carbons (Fsp3) is 0.727. The first-order valence-corrected chi connectivity index (χ1v) is 6.98. The van der Waals surface area contributed by atoms with E-state index < -0.39 is 5.97 Å². The molecule has 1 aliphatic rings. The summed E-state index contributed by atoms with van der Waals surface area (Å²) in [7, 11) is 0. The zero-order valence-corrected chi connectivity index (χ0v) is 11.2. The van der Waals surface area contributed by atoms with Crippen molar-refractivity contribution in [2.75, 3.05) is 31.1 Å². The van der Waals surface area contributed by atoms with Crippen molar-refractivity contribution in [2.24, 2.45) is 5.92 Å². The molecule has 0 spiro atoms.